The maximum atomic E-state index is 13.5. The van der Waals surface area contributed by atoms with Crippen molar-refractivity contribution in [3.63, 3.8) is 0 Å². The number of carbonyl (C=O) groups excluding carboxylic acids is 2. The first-order valence-electron chi connectivity index (χ1n) is 12.3. The molecule has 0 radical (unpaired) electrons. The normalized spacial score (nSPS) is 27.1. The van der Waals surface area contributed by atoms with E-state index in [0.29, 0.717) is 22.6 Å². The first-order chi connectivity index (χ1) is 17.8. The van der Waals surface area contributed by atoms with Crippen LogP contribution < -0.4 is 15.4 Å². The second-order valence-corrected chi connectivity index (χ2v) is 11.1. The molecule has 38 heavy (non-hydrogen) atoms. The van der Waals surface area contributed by atoms with Gasteiger partial charge in [0.2, 0.25) is 11.8 Å². The number of alkyl halides is 3. The van der Waals surface area contributed by atoms with Gasteiger partial charge in [0.1, 0.15) is 5.75 Å². The highest BCUT2D eigenvalue weighted by molar-refractivity contribution is 6.30. The maximum absolute atomic E-state index is 13.5. The van der Waals surface area contributed by atoms with E-state index in [1.807, 2.05) is 13.8 Å². The zero-order valence-electron chi connectivity index (χ0n) is 20.7. The average molecular weight is 550 g/mol. The van der Waals surface area contributed by atoms with Gasteiger partial charge in [-0.1, -0.05) is 29.8 Å². The van der Waals surface area contributed by atoms with Crippen molar-refractivity contribution in [1.29, 1.82) is 5.41 Å². The molecule has 1 saturated carbocycles. The van der Waals surface area contributed by atoms with Crippen molar-refractivity contribution in [3.8, 4) is 5.75 Å². The van der Waals surface area contributed by atoms with Gasteiger partial charge in [-0.3, -0.25) is 24.9 Å². The molecule has 5 atom stereocenters. The molecular formula is C26H27ClF3N5O3. The second kappa shape index (κ2) is 9.44. The first kappa shape index (κ1) is 26.3. The van der Waals surface area contributed by atoms with Crippen LogP contribution in [0.2, 0.25) is 5.02 Å². The number of para-hydroxylation sites is 1. The van der Waals surface area contributed by atoms with Crippen molar-refractivity contribution < 1.29 is 27.5 Å². The van der Waals surface area contributed by atoms with Crippen LogP contribution in [0.25, 0.3) is 0 Å². The number of ether oxygens (including phenoxy) is 1. The van der Waals surface area contributed by atoms with Gasteiger partial charge in [-0.25, -0.2) is 0 Å². The van der Waals surface area contributed by atoms with Crippen LogP contribution in [0, 0.1) is 17.2 Å². The van der Waals surface area contributed by atoms with Crippen LogP contribution in [-0.4, -0.2) is 45.5 Å². The van der Waals surface area contributed by atoms with E-state index in [-0.39, 0.29) is 30.0 Å². The Morgan fingerprint density at radius 3 is 2.71 bits per heavy atom. The molecule has 1 unspecified atom stereocenters. The van der Waals surface area contributed by atoms with E-state index < -0.39 is 48.1 Å². The third-order valence-corrected chi connectivity index (χ3v) is 7.39. The number of hydrogen-bond acceptors (Lipinski definition) is 5. The summed E-state index contributed by atoms with van der Waals surface area (Å²) < 4.78 is 45.7. The SMILES string of the molecule is CC1(C)CC(=O)N(C(c2cncc(Cl)c2)[C@@H]2C[C@H]2C(=O)N[C@H]2C[C@H](C(F)(F)F)Oc3ccccc32)C(=N)N1. The zero-order valence-corrected chi connectivity index (χ0v) is 21.4. The average Bonchev–Trinajstić information content (AvgIpc) is 3.60. The molecule has 8 nitrogen and oxygen atoms in total. The summed E-state index contributed by atoms with van der Waals surface area (Å²) in [6.07, 6.45) is -3.54. The van der Waals surface area contributed by atoms with Crippen molar-refractivity contribution in [2.45, 2.75) is 63.0 Å². The number of guanidine groups is 1. The summed E-state index contributed by atoms with van der Waals surface area (Å²) in [5, 5.41) is 14.7. The summed E-state index contributed by atoms with van der Waals surface area (Å²) >= 11 is 6.18. The molecule has 12 heteroatoms. The molecule has 3 heterocycles. The van der Waals surface area contributed by atoms with Crippen LogP contribution in [-0.2, 0) is 9.59 Å². The zero-order chi connectivity index (χ0) is 27.4. The van der Waals surface area contributed by atoms with E-state index in [1.54, 1.807) is 30.5 Å². The number of hydrogen-bond donors (Lipinski definition) is 3. The molecule has 2 amide bonds. The molecule has 202 valence electrons. The number of amides is 2. The smallest absolute Gasteiger partial charge is 0.425 e. The number of carbonyl (C=O) groups is 2. The minimum absolute atomic E-state index is 0.0858. The monoisotopic (exact) mass is 549 g/mol. The number of pyridine rings is 1. The Labute approximate surface area is 222 Å². The Morgan fingerprint density at radius 2 is 2.03 bits per heavy atom. The second-order valence-electron chi connectivity index (χ2n) is 10.7. The van der Waals surface area contributed by atoms with Crippen LogP contribution in [0.4, 0.5) is 13.2 Å². The van der Waals surface area contributed by atoms with Gasteiger partial charge in [0.05, 0.1) is 17.1 Å². The van der Waals surface area contributed by atoms with Crippen molar-refractivity contribution in [2.75, 3.05) is 0 Å². The fourth-order valence-corrected chi connectivity index (χ4v) is 5.57. The molecule has 1 saturated heterocycles. The van der Waals surface area contributed by atoms with Gasteiger partial charge in [-0.05, 0) is 43.9 Å². The first-order valence-corrected chi connectivity index (χ1v) is 12.6. The Bertz CT molecular complexity index is 1270. The summed E-state index contributed by atoms with van der Waals surface area (Å²) in [6.45, 7) is 3.64. The highest BCUT2D eigenvalue weighted by Gasteiger charge is 2.54. The number of nitrogens with one attached hydrogen (secondary N) is 3. The molecule has 0 spiro atoms. The van der Waals surface area contributed by atoms with Gasteiger partial charge in [0.25, 0.3) is 0 Å². The number of fused-ring (bicyclic) bond motifs is 1. The van der Waals surface area contributed by atoms with Crippen LogP contribution in [0.3, 0.4) is 0 Å². The van der Waals surface area contributed by atoms with Crippen LogP contribution in [0.15, 0.2) is 42.7 Å². The molecular weight excluding hydrogens is 523 g/mol. The highest BCUT2D eigenvalue weighted by atomic mass is 35.5. The van der Waals surface area contributed by atoms with E-state index in [0.717, 1.165) is 0 Å². The number of aromatic nitrogens is 1. The molecule has 1 aromatic carbocycles. The molecule has 2 fully saturated rings. The quantitative estimate of drug-likeness (QED) is 0.508. The number of benzene rings is 1. The largest absolute Gasteiger partial charge is 0.480 e. The van der Waals surface area contributed by atoms with Crippen molar-refractivity contribution in [1.82, 2.24) is 20.5 Å². The lowest BCUT2D eigenvalue weighted by atomic mass is 9.93. The minimum atomic E-state index is -4.58. The van der Waals surface area contributed by atoms with Crippen molar-refractivity contribution >= 4 is 29.4 Å². The number of nitrogens with zero attached hydrogens (tertiary/aromatic N) is 2. The van der Waals surface area contributed by atoms with E-state index in [9.17, 15) is 22.8 Å². The van der Waals surface area contributed by atoms with E-state index in [2.05, 4.69) is 15.6 Å². The van der Waals surface area contributed by atoms with Crippen LogP contribution in [0.5, 0.6) is 5.75 Å². The fraction of sp³-hybridized carbons (Fsp3) is 0.462. The van der Waals surface area contributed by atoms with E-state index in [4.69, 9.17) is 21.7 Å². The Morgan fingerprint density at radius 1 is 1.29 bits per heavy atom. The molecule has 0 bridgehead atoms. The maximum Gasteiger partial charge on any atom is 0.425 e. The lowest BCUT2D eigenvalue weighted by molar-refractivity contribution is -0.201. The predicted octanol–water partition coefficient (Wildman–Crippen LogP) is 4.52. The summed E-state index contributed by atoms with van der Waals surface area (Å²) in [5.41, 5.74) is 0.452. The van der Waals surface area contributed by atoms with Gasteiger partial charge in [0, 0.05) is 42.3 Å². The summed E-state index contributed by atoms with van der Waals surface area (Å²) in [5.74, 6) is -1.65. The molecule has 2 aliphatic heterocycles. The number of rotatable bonds is 5. The topological polar surface area (TPSA) is 107 Å². The van der Waals surface area contributed by atoms with Gasteiger partial charge in [-0.2, -0.15) is 13.2 Å². The predicted molar refractivity (Wildman–Crippen MR) is 132 cm³/mol. The minimum Gasteiger partial charge on any atom is -0.480 e. The van der Waals surface area contributed by atoms with E-state index in [1.165, 1.54) is 17.2 Å². The molecule has 5 rings (SSSR count). The molecule has 3 N–H and O–H groups in total. The van der Waals surface area contributed by atoms with Crippen molar-refractivity contribution in [2.24, 2.45) is 11.8 Å². The van der Waals surface area contributed by atoms with Gasteiger partial charge < -0.3 is 15.4 Å². The lowest BCUT2D eigenvalue weighted by Gasteiger charge is -2.42. The third kappa shape index (κ3) is 5.16. The van der Waals surface area contributed by atoms with Crippen LogP contribution in [0.1, 0.15) is 56.3 Å². The summed E-state index contributed by atoms with van der Waals surface area (Å²) in [4.78, 5) is 32.0. The Hall–Kier alpha value is -3.34. The van der Waals surface area contributed by atoms with E-state index >= 15 is 0 Å². The standard InChI is InChI=1S/C26H27ClF3N5O3/c1-25(2)10-21(36)35(24(31)34-25)22(13-7-14(27)12-32-11-13)16-8-17(16)23(37)33-18-9-20(26(28,29)30)38-19-6-4-3-5-15(18)19/h3-7,11-12,16-18,20,22H,8-10H2,1-2H3,(H2,31,34)(H,33,37)/t16-,17-,18+,20-,22?/m1/s1. The van der Waals surface area contributed by atoms with Crippen molar-refractivity contribution in [3.05, 3.63) is 58.9 Å². The van der Waals surface area contributed by atoms with Crippen LogP contribution >= 0.6 is 11.6 Å². The molecule has 3 aliphatic rings. The summed E-state index contributed by atoms with van der Waals surface area (Å²) in [7, 11) is 0. The van der Waals surface area contributed by atoms with Gasteiger partial charge in [-0.15, -0.1) is 0 Å². The Kier molecular flexibility index (Phi) is 6.53. The molecule has 1 aliphatic carbocycles. The van der Waals surface area contributed by atoms with Gasteiger partial charge >= 0.3 is 6.18 Å². The lowest BCUT2D eigenvalue weighted by Crippen LogP contribution is -2.60. The fourth-order valence-electron chi connectivity index (χ4n) is 5.38. The Balaban J connectivity index is 1.39. The third-order valence-electron chi connectivity index (χ3n) is 7.18. The van der Waals surface area contributed by atoms with Gasteiger partial charge in [0.15, 0.2) is 12.1 Å². The molecule has 1 aromatic heterocycles. The molecule has 2 aromatic rings. The number of halogens is 4. The highest BCUT2D eigenvalue weighted by Crippen LogP contribution is 2.52. The summed E-state index contributed by atoms with van der Waals surface area (Å²) in [6, 6.07) is 6.43.